The Bertz CT molecular complexity index is 723. The number of guanidine groups is 1. The maximum Gasteiger partial charge on any atom is 0.417 e. The van der Waals surface area contributed by atoms with Crippen LogP contribution < -0.4 is 10.1 Å². The van der Waals surface area contributed by atoms with Crippen LogP contribution in [-0.4, -0.2) is 61.7 Å². The maximum absolute atomic E-state index is 12.6. The highest BCUT2D eigenvalue weighted by molar-refractivity contribution is 6.31. The minimum Gasteiger partial charge on any atom is -0.475 e. The van der Waals surface area contributed by atoms with Crippen LogP contribution in [0.4, 0.5) is 13.2 Å². The van der Waals surface area contributed by atoms with E-state index >= 15 is 0 Å². The normalized spacial score (nSPS) is 15.9. The molecule has 0 aromatic carbocycles. The molecule has 0 unspecified atom stereocenters. The third kappa shape index (κ3) is 6.66. The minimum atomic E-state index is -4.51. The quantitative estimate of drug-likeness (QED) is 0.320. The smallest absolute Gasteiger partial charge is 0.417 e. The van der Waals surface area contributed by atoms with Crippen molar-refractivity contribution in [1.82, 2.24) is 15.2 Å². The Morgan fingerprint density at radius 3 is 2.66 bits per heavy atom. The fourth-order valence-corrected chi connectivity index (χ4v) is 3.12. The van der Waals surface area contributed by atoms with Crippen LogP contribution in [-0.2, 0) is 15.7 Å². The van der Waals surface area contributed by atoms with Gasteiger partial charge in [0.05, 0.1) is 25.1 Å². The van der Waals surface area contributed by atoms with Crippen LogP contribution in [0, 0.1) is 5.92 Å². The Hall–Kier alpha value is -2.23. The van der Waals surface area contributed by atoms with Crippen molar-refractivity contribution in [2.45, 2.75) is 25.9 Å². The Labute approximate surface area is 172 Å². The van der Waals surface area contributed by atoms with Gasteiger partial charge in [-0.25, -0.2) is 9.98 Å². The van der Waals surface area contributed by atoms with Crippen LogP contribution in [0.5, 0.6) is 5.88 Å². The molecule has 0 atom stereocenters. The second kappa shape index (κ2) is 10.5. The number of halogens is 4. The first-order chi connectivity index (χ1) is 13.8. The number of hydrogen-bond acceptors (Lipinski definition) is 5. The van der Waals surface area contributed by atoms with Crippen LogP contribution in [0.2, 0.25) is 5.02 Å². The molecular formula is C18H24ClF3N4O3. The second-order valence-corrected chi connectivity index (χ2v) is 6.78. The van der Waals surface area contributed by atoms with E-state index in [1.54, 1.807) is 0 Å². The number of carbonyl (C=O) groups excluding carboxylic acids is 1. The van der Waals surface area contributed by atoms with Crippen LogP contribution in [0.15, 0.2) is 17.3 Å². The average molecular weight is 437 g/mol. The van der Waals surface area contributed by atoms with Gasteiger partial charge in [0, 0.05) is 25.8 Å². The first kappa shape index (κ1) is 23.1. The minimum absolute atomic E-state index is 0.0706. The molecule has 1 aromatic rings. The molecule has 0 saturated carbocycles. The molecule has 1 fully saturated rings. The average Bonchev–Trinajstić information content (AvgIpc) is 2.70. The number of aliphatic imine (C=N–C) groups is 1. The van der Waals surface area contributed by atoms with Gasteiger partial charge in [-0.3, -0.25) is 4.79 Å². The van der Waals surface area contributed by atoms with E-state index in [1.165, 1.54) is 7.11 Å². The molecule has 29 heavy (non-hydrogen) atoms. The summed E-state index contributed by atoms with van der Waals surface area (Å²) in [6.45, 7) is 4.31. The standard InChI is InChI=1S/C18H24ClF3N4O3/c1-3-23-17(26-7-4-12(5-8-26)16(27)28-2)24-6-9-29-15-14(19)10-13(11-25-15)18(20,21)22/h10-12H,3-9H2,1-2H3,(H,23,24). The van der Waals surface area contributed by atoms with E-state index in [0.29, 0.717) is 44.6 Å². The zero-order valence-corrected chi connectivity index (χ0v) is 17.0. The van der Waals surface area contributed by atoms with Gasteiger partial charge in [-0.2, -0.15) is 13.2 Å². The molecule has 0 bridgehead atoms. The number of esters is 1. The Balaban J connectivity index is 1.89. The Morgan fingerprint density at radius 2 is 2.10 bits per heavy atom. The van der Waals surface area contributed by atoms with E-state index < -0.39 is 11.7 Å². The van der Waals surface area contributed by atoms with Crippen molar-refractivity contribution >= 4 is 23.5 Å². The summed E-state index contributed by atoms with van der Waals surface area (Å²) in [5.41, 5.74) is -0.933. The Kier molecular flexibility index (Phi) is 8.36. The van der Waals surface area contributed by atoms with Gasteiger partial charge in [-0.15, -0.1) is 0 Å². The number of hydrogen-bond donors (Lipinski definition) is 1. The maximum atomic E-state index is 12.6. The van der Waals surface area contributed by atoms with Crippen molar-refractivity contribution in [3.05, 3.63) is 22.8 Å². The van der Waals surface area contributed by atoms with E-state index in [-0.39, 0.29) is 35.9 Å². The third-order valence-electron chi connectivity index (χ3n) is 4.39. The van der Waals surface area contributed by atoms with Gasteiger partial charge in [0.15, 0.2) is 5.96 Å². The summed E-state index contributed by atoms with van der Waals surface area (Å²) >= 11 is 5.82. The molecule has 2 rings (SSSR count). The number of alkyl halides is 3. The first-order valence-electron chi connectivity index (χ1n) is 9.22. The molecule has 1 N–H and O–H groups in total. The van der Waals surface area contributed by atoms with Gasteiger partial charge in [0.2, 0.25) is 5.88 Å². The number of nitrogens with one attached hydrogen (secondary N) is 1. The zero-order valence-electron chi connectivity index (χ0n) is 16.3. The lowest BCUT2D eigenvalue weighted by Crippen LogP contribution is -2.46. The van der Waals surface area contributed by atoms with E-state index in [2.05, 4.69) is 15.3 Å². The molecule has 1 saturated heterocycles. The number of piperidine rings is 1. The van der Waals surface area contributed by atoms with E-state index in [9.17, 15) is 18.0 Å². The molecule has 11 heteroatoms. The van der Waals surface area contributed by atoms with Gasteiger partial charge in [-0.05, 0) is 25.8 Å². The van der Waals surface area contributed by atoms with Crippen LogP contribution in [0.3, 0.4) is 0 Å². The number of likely N-dealkylation sites (tertiary alicyclic amines) is 1. The SMILES string of the molecule is CCNC(=NCCOc1ncc(C(F)(F)F)cc1Cl)N1CCC(C(=O)OC)CC1. The molecule has 0 radical (unpaired) electrons. The van der Waals surface area contributed by atoms with E-state index in [0.717, 1.165) is 6.07 Å². The molecule has 0 spiro atoms. The number of ether oxygens (including phenoxy) is 2. The van der Waals surface area contributed by atoms with Crippen LogP contribution in [0.1, 0.15) is 25.3 Å². The second-order valence-electron chi connectivity index (χ2n) is 6.38. The highest BCUT2D eigenvalue weighted by Gasteiger charge is 2.32. The molecular weight excluding hydrogens is 413 g/mol. The number of pyridine rings is 1. The summed E-state index contributed by atoms with van der Waals surface area (Å²) in [7, 11) is 1.39. The van der Waals surface area contributed by atoms with Crippen molar-refractivity contribution in [3.63, 3.8) is 0 Å². The van der Waals surface area contributed by atoms with Gasteiger partial charge in [0.1, 0.15) is 11.6 Å². The predicted molar refractivity (Wildman–Crippen MR) is 102 cm³/mol. The summed E-state index contributed by atoms with van der Waals surface area (Å²) in [4.78, 5) is 21.8. The summed E-state index contributed by atoms with van der Waals surface area (Å²) in [5, 5.41) is 2.97. The van der Waals surface area contributed by atoms with Crippen molar-refractivity contribution in [2.24, 2.45) is 10.9 Å². The van der Waals surface area contributed by atoms with Crippen LogP contribution >= 0.6 is 11.6 Å². The van der Waals surface area contributed by atoms with Gasteiger partial charge in [0.25, 0.3) is 0 Å². The number of carbonyl (C=O) groups is 1. The van der Waals surface area contributed by atoms with Gasteiger partial charge in [-0.1, -0.05) is 11.6 Å². The zero-order chi connectivity index (χ0) is 21.4. The first-order valence-corrected chi connectivity index (χ1v) is 9.60. The largest absolute Gasteiger partial charge is 0.475 e. The van der Waals surface area contributed by atoms with Crippen molar-refractivity contribution in [1.29, 1.82) is 0 Å². The molecule has 0 amide bonds. The lowest BCUT2D eigenvalue weighted by atomic mass is 9.97. The van der Waals surface area contributed by atoms with E-state index in [1.807, 2.05) is 11.8 Å². The molecule has 162 valence electrons. The lowest BCUT2D eigenvalue weighted by Gasteiger charge is -2.33. The monoisotopic (exact) mass is 436 g/mol. The van der Waals surface area contributed by atoms with Crippen LogP contribution in [0.25, 0.3) is 0 Å². The van der Waals surface area contributed by atoms with Crippen molar-refractivity contribution in [3.8, 4) is 5.88 Å². The third-order valence-corrected chi connectivity index (χ3v) is 4.66. The van der Waals surface area contributed by atoms with Crippen molar-refractivity contribution < 1.29 is 27.4 Å². The summed E-state index contributed by atoms with van der Waals surface area (Å²) in [6.07, 6.45) is -2.47. The molecule has 7 nitrogen and oxygen atoms in total. The summed E-state index contributed by atoms with van der Waals surface area (Å²) < 4.78 is 48.1. The predicted octanol–water partition coefficient (Wildman–Crippen LogP) is 2.98. The number of nitrogens with zero attached hydrogens (tertiary/aromatic N) is 3. The number of methoxy groups -OCH3 is 1. The molecule has 1 aliphatic heterocycles. The van der Waals surface area contributed by atoms with Gasteiger partial charge >= 0.3 is 12.1 Å². The Morgan fingerprint density at radius 1 is 1.41 bits per heavy atom. The fraction of sp³-hybridized carbons (Fsp3) is 0.611. The molecule has 2 heterocycles. The van der Waals surface area contributed by atoms with Gasteiger partial charge < -0.3 is 19.7 Å². The fourth-order valence-electron chi connectivity index (χ4n) is 2.90. The topological polar surface area (TPSA) is 76.1 Å². The number of aromatic nitrogens is 1. The van der Waals surface area contributed by atoms with Crippen molar-refractivity contribution in [2.75, 3.05) is 39.9 Å². The molecule has 0 aliphatic carbocycles. The lowest BCUT2D eigenvalue weighted by molar-refractivity contribution is -0.146. The highest BCUT2D eigenvalue weighted by Crippen LogP contribution is 2.33. The molecule has 1 aromatic heterocycles. The summed E-state index contributed by atoms with van der Waals surface area (Å²) in [5.74, 6) is 0.320. The summed E-state index contributed by atoms with van der Waals surface area (Å²) in [6, 6.07) is 0.780. The van der Waals surface area contributed by atoms with E-state index in [4.69, 9.17) is 21.1 Å². The number of rotatable bonds is 6. The highest BCUT2D eigenvalue weighted by atomic mass is 35.5. The molecule has 1 aliphatic rings.